The van der Waals surface area contributed by atoms with Crippen molar-refractivity contribution < 1.29 is 24.9 Å². The molecule has 7 nitrogen and oxygen atoms in total. The minimum absolute atomic E-state index is 0.0944. The van der Waals surface area contributed by atoms with E-state index in [0.29, 0.717) is 5.75 Å². The van der Waals surface area contributed by atoms with Crippen molar-refractivity contribution in [3.63, 3.8) is 0 Å². The molecule has 0 aliphatic carbocycles. The van der Waals surface area contributed by atoms with Gasteiger partial charge in [-0.1, -0.05) is 0 Å². The summed E-state index contributed by atoms with van der Waals surface area (Å²) in [7, 11) is 1.47. The van der Waals surface area contributed by atoms with Crippen molar-refractivity contribution in [2.75, 3.05) is 38.7 Å². The second kappa shape index (κ2) is 7.45. The monoisotopic (exact) mass is 270 g/mol. The highest BCUT2D eigenvalue weighted by Gasteiger charge is 2.14. The largest absolute Gasteiger partial charge is 0.506 e. The van der Waals surface area contributed by atoms with Crippen LogP contribution >= 0.6 is 0 Å². The van der Waals surface area contributed by atoms with Gasteiger partial charge in [0.25, 0.3) is 0 Å². The summed E-state index contributed by atoms with van der Waals surface area (Å²) in [6.45, 7) is -0.233. The molecule has 0 saturated carbocycles. The Morgan fingerprint density at radius 1 is 1.32 bits per heavy atom. The second-order valence-electron chi connectivity index (χ2n) is 3.75. The first-order valence-corrected chi connectivity index (χ1v) is 5.77. The molecular weight excluding hydrogens is 252 g/mol. The lowest BCUT2D eigenvalue weighted by Gasteiger charge is -2.21. The molecule has 1 aromatic rings. The van der Waals surface area contributed by atoms with Gasteiger partial charge in [0.15, 0.2) is 0 Å². The van der Waals surface area contributed by atoms with Gasteiger partial charge in [-0.2, -0.15) is 0 Å². The lowest BCUT2D eigenvalue weighted by Crippen LogP contribution is -2.38. The molecule has 0 heterocycles. The number of amides is 2. The van der Waals surface area contributed by atoms with E-state index in [0.717, 1.165) is 0 Å². The number of hydrogen-bond acceptors (Lipinski definition) is 5. The number of rotatable bonds is 6. The number of aliphatic hydroxyl groups is 2. The first-order chi connectivity index (χ1) is 9.12. The summed E-state index contributed by atoms with van der Waals surface area (Å²) in [5.41, 5.74) is 0.199. The molecular formula is C12H18N2O5. The van der Waals surface area contributed by atoms with Gasteiger partial charge >= 0.3 is 6.03 Å². The molecule has 0 aliphatic rings. The molecule has 0 radical (unpaired) electrons. The van der Waals surface area contributed by atoms with Crippen LogP contribution < -0.4 is 10.1 Å². The molecule has 0 aliphatic heterocycles. The summed E-state index contributed by atoms with van der Waals surface area (Å²) < 4.78 is 4.99. The Morgan fingerprint density at radius 2 is 1.95 bits per heavy atom. The average Bonchev–Trinajstić information content (AvgIpc) is 2.41. The molecule has 0 bridgehead atoms. The number of urea groups is 1. The van der Waals surface area contributed by atoms with E-state index in [1.54, 1.807) is 6.07 Å². The van der Waals surface area contributed by atoms with E-state index in [1.807, 2.05) is 0 Å². The fraction of sp³-hybridized carbons (Fsp3) is 0.417. The van der Waals surface area contributed by atoms with Crippen molar-refractivity contribution in [1.82, 2.24) is 4.90 Å². The second-order valence-corrected chi connectivity index (χ2v) is 3.75. The van der Waals surface area contributed by atoms with Gasteiger partial charge in [0.2, 0.25) is 0 Å². The molecule has 19 heavy (non-hydrogen) atoms. The van der Waals surface area contributed by atoms with Crippen molar-refractivity contribution in [2.24, 2.45) is 0 Å². The van der Waals surface area contributed by atoms with E-state index < -0.39 is 6.03 Å². The minimum Gasteiger partial charge on any atom is -0.506 e. The number of hydrogen-bond donors (Lipinski definition) is 4. The Morgan fingerprint density at radius 3 is 2.47 bits per heavy atom. The third-order valence-corrected chi connectivity index (χ3v) is 2.47. The van der Waals surface area contributed by atoms with Crippen LogP contribution in [-0.2, 0) is 0 Å². The molecule has 1 aromatic carbocycles. The number of anilines is 1. The molecule has 1 rings (SSSR count). The van der Waals surface area contributed by atoms with E-state index in [-0.39, 0.29) is 37.7 Å². The first kappa shape index (κ1) is 15.1. The highest BCUT2D eigenvalue weighted by molar-refractivity contribution is 5.91. The summed E-state index contributed by atoms with van der Waals surface area (Å²) in [6.07, 6.45) is 0. The number of benzene rings is 1. The van der Waals surface area contributed by atoms with Crippen LogP contribution in [0.5, 0.6) is 11.5 Å². The Kier molecular flexibility index (Phi) is 5.91. The summed E-state index contributed by atoms with van der Waals surface area (Å²) in [6, 6.07) is 3.91. The summed E-state index contributed by atoms with van der Waals surface area (Å²) in [5, 5.41) is 29.8. The first-order valence-electron chi connectivity index (χ1n) is 5.77. The van der Waals surface area contributed by atoms with Crippen LogP contribution in [0.2, 0.25) is 0 Å². The zero-order valence-electron chi connectivity index (χ0n) is 10.7. The Balaban J connectivity index is 2.79. The number of nitrogens with zero attached hydrogens (tertiary/aromatic N) is 1. The van der Waals surface area contributed by atoms with Crippen molar-refractivity contribution >= 4 is 11.7 Å². The summed E-state index contributed by atoms with van der Waals surface area (Å²) in [4.78, 5) is 13.1. The molecule has 0 saturated heterocycles. The minimum atomic E-state index is -0.522. The molecule has 0 unspecified atom stereocenters. The maximum atomic E-state index is 11.9. The number of phenolic OH excluding ortho intramolecular Hbond substituents is 1. The van der Waals surface area contributed by atoms with Gasteiger partial charge in [-0.3, -0.25) is 0 Å². The molecule has 2 amide bonds. The molecule has 0 atom stereocenters. The van der Waals surface area contributed by atoms with Gasteiger partial charge in [-0.15, -0.1) is 0 Å². The molecule has 0 aromatic heterocycles. The number of aliphatic hydroxyl groups excluding tert-OH is 2. The zero-order chi connectivity index (χ0) is 14.3. The number of carbonyl (C=O) groups excluding carboxylic acids is 1. The van der Waals surface area contributed by atoms with Crippen molar-refractivity contribution in [3.8, 4) is 11.5 Å². The Bertz CT molecular complexity index is 419. The standard InChI is InChI=1S/C12H18N2O5/c1-19-9-2-3-11(17)10(8-9)13-12(18)14(4-6-15)5-7-16/h2-3,8,15-17H,4-7H2,1H3,(H,13,18). The number of phenols is 1. The van der Waals surface area contributed by atoms with Crippen LogP contribution in [0.3, 0.4) is 0 Å². The lowest BCUT2D eigenvalue weighted by atomic mass is 10.2. The smallest absolute Gasteiger partial charge is 0.322 e. The third kappa shape index (κ3) is 4.31. The van der Waals surface area contributed by atoms with Crippen LogP contribution in [0.15, 0.2) is 18.2 Å². The highest BCUT2D eigenvalue weighted by atomic mass is 16.5. The predicted molar refractivity (Wildman–Crippen MR) is 69.4 cm³/mol. The number of methoxy groups -OCH3 is 1. The van der Waals surface area contributed by atoms with Crippen molar-refractivity contribution in [1.29, 1.82) is 0 Å². The summed E-state index contributed by atoms with van der Waals surface area (Å²) in [5.74, 6) is 0.395. The topological polar surface area (TPSA) is 102 Å². The van der Waals surface area contributed by atoms with Crippen molar-refractivity contribution in [2.45, 2.75) is 0 Å². The predicted octanol–water partition coefficient (Wildman–Crippen LogP) is 0.219. The highest BCUT2D eigenvalue weighted by Crippen LogP contribution is 2.27. The average molecular weight is 270 g/mol. The van der Waals surface area contributed by atoms with Crippen LogP contribution in [-0.4, -0.2) is 59.7 Å². The van der Waals surface area contributed by atoms with Crippen LogP contribution in [0.4, 0.5) is 10.5 Å². The third-order valence-electron chi connectivity index (χ3n) is 2.47. The van der Waals surface area contributed by atoms with E-state index in [9.17, 15) is 9.90 Å². The number of nitrogens with one attached hydrogen (secondary N) is 1. The Labute approximate surface area is 111 Å². The molecule has 106 valence electrons. The van der Waals surface area contributed by atoms with Gasteiger partial charge in [-0.25, -0.2) is 4.79 Å². The zero-order valence-corrected chi connectivity index (χ0v) is 10.7. The molecule has 7 heteroatoms. The lowest BCUT2D eigenvalue weighted by molar-refractivity contribution is 0.167. The van der Waals surface area contributed by atoms with E-state index >= 15 is 0 Å². The van der Waals surface area contributed by atoms with Gasteiger partial charge < -0.3 is 30.3 Å². The summed E-state index contributed by atoms with van der Waals surface area (Å²) >= 11 is 0. The number of ether oxygens (including phenoxy) is 1. The van der Waals surface area contributed by atoms with E-state index in [2.05, 4.69) is 5.32 Å². The number of carbonyl (C=O) groups is 1. The maximum Gasteiger partial charge on any atom is 0.322 e. The van der Waals surface area contributed by atoms with E-state index in [4.69, 9.17) is 14.9 Å². The van der Waals surface area contributed by atoms with Gasteiger partial charge in [-0.05, 0) is 12.1 Å². The number of aromatic hydroxyl groups is 1. The molecule has 4 N–H and O–H groups in total. The quantitative estimate of drug-likeness (QED) is 0.554. The maximum absolute atomic E-state index is 11.9. The molecule has 0 fully saturated rings. The SMILES string of the molecule is COc1ccc(O)c(NC(=O)N(CCO)CCO)c1. The van der Waals surface area contributed by atoms with Gasteiger partial charge in [0, 0.05) is 19.2 Å². The Hall–Kier alpha value is -1.99. The van der Waals surface area contributed by atoms with Crippen molar-refractivity contribution in [3.05, 3.63) is 18.2 Å². The normalized spacial score (nSPS) is 10.1. The fourth-order valence-corrected chi connectivity index (χ4v) is 1.49. The van der Waals surface area contributed by atoms with Crippen LogP contribution in [0.25, 0.3) is 0 Å². The van der Waals surface area contributed by atoms with Crippen LogP contribution in [0, 0.1) is 0 Å². The molecule has 0 spiro atoms. The van der Waals surface area contributed by atoms with E-state index in [1.165, 1.54) is 24.1 Å². The van der Waals surface area contributed by atoms with Gasteiger partial charge in [0.1, 0.15) is 11.5 Å². The fourth-order valence-electron chi connectivity index (χ4n) is 1.49. The van der Waals surface area contributed by atoms with Crippen LogP contribution in [0.1, 0.15) is 0 Å². The van der Waals surface area contributed by atoms with Gasteiger partial charge in [0.05, 0.1) is 26.0 Å².